The van der Waals surface area contributed by atoms with E-state index in [1.165, 1.54) is 26.4 Å². The first kappa shape index (κ1) is 29.9. The minimum absolute atomic E-state index is 0.0192. The summed E-state index contributed by atoms with van der Waals surface area (Å²) < 4.78 is 16.3. The van der Waals surface area contributed by atoms with E-state index in [0.29, 0.717) is 5.56 Å². The van der Waals surface area contributed by atoms with Crippen LogP contribution in [0.15, 0.2) is 30.4 Å². The predicted molar refractivity (Wildman–Crippen MR) is 135 cm³/mol. The molecule has 0 aliphatic carbocycles. The van der Waals surface area contributed by atoms with Gasteiger partial charge in [0, 0.05) is 43.8 Å². The van der Waals surface area contributed by atoms with Crippen LogP contribution in [-0.2, 0) is 20.9 Å². The summed E-state index contributed by atoms with van der Waals surface area (Å²) in [6.45, 7) is -0.271. The third-order valence-electron chi connectivity index (χ3n) is 5.40. The van der Waals surface area contributed by atoms with Crippen molar-refractivity contribution < 1.29 is 47.9 Å². The summed E-state index contributed by atoms with van der Waals surface area (Å²) in [6.07, 6.45) is 2.12. The summed E-state index contributed by atoms with van der Waals surface area (Å²) >= 11 is 0. The molecule has 3 rings (SSSR count). The van der Waals surface area contributed by atoms with Gasteiger partial charge >= 0.3 is 14.4 Å². The fraction of sp³-hybridized carbons (Fsp3) is 0.318. The van der Waals surface area contributed by atoms with Gasteiger partial charge in [0.2, 0.25) is 11.7 Å². The molecule has 0 unspecified atom stereocenters. The summed E-state index contributed by atoms with van der Waals surface area (Å²) in [6, 6.07) is 3.84. The first-order valence-electron chi connectivity index (χ1n) is 11.5. The lowest BCUT2D eigenvalue weighted by molar-refractivity contribution is -0.392. The molecule has 4 N–H and O–H groups in total. The van der Waals surface area contributed by atoms with Crippen LogP contribution >= 0.6 is 8.60 Å². The largest absolute Gasteiger partial charge is 0.493 e. The number of nitrogens with one attached hydrogen (secondary N) is 2. The van der Waals surface area contributed by atoms with E-state index in [1.54, 1.807) is 0 Å². The molecule has 2 aromatic rings. The second-order valence-electron chi connectivity index (χ2n) is 7.99. The topological polar surface area (TPSA) is 225 Å². The van der Waals surface area contributed by atoms with E-state index in [0.717, 1.165) is 27.8 Å². The highest BCUT2D eigenvalue weighted by Gasteiger charge is 2.25. The van der Waals surface area contributed by atoms with Crippen molar-refractivity contribution in [3.05, 3.63) is 51.7 Å². The number of carbonyl (C=O) groups is 4. The quantitative estimate of drug-likeness (QED) is 0.0737. The molecule has 0 radical (unpaired) electrons. The number of imide groups is 1. The lowest BCUT2D eigenvalue weighted by atomic mass is 10.2. The summed E-state index contributed by atoms with van der Waals surface area (Å²) in [7, 11) is -0.173. The van der Waals surface area contributed by atoms with Crippen molar-refractivity contribution >= 4 is 38.0 Å². The van der Waals surface area contributed by atoms with Gasteiger partial charge in [-0.1, -0.05) is 5.10 Å². The van der Waals surface area contributed by atoms with E-state index in [9.17, 15) is 39.1 Å². The Kier molecular flexibility index (Phi) is 10.1. The molecule has 0 fully saturated rings. The normalized spacial score (nSPS) is 12.6. The molecule has 17 nitrogen and oxygen atoms in total. The average molecular weight is 580 g/mol. The average Bonchev–Trinajstić information content (AvgIpc) is 3.48. The molecule has 4 amide bonds. The van der Waals surface area contributed by atoms with Gasteiger partial charge in [0.25, 0.3) is 17.7 Å². The second-order valence-corrected chi connectivity index (χ2v) is 8.68. The van der Waals surface area contributed by atoms with Crippen LogP contribution < -0.4 is 24.6 Å². The number of nitro groups is 1. The molecule has 1 aliphatic heterocycles. The zero-order valence-corrected chi connectivity index (χ0v) is 22.1. The molecule has 0 saturated heterocycles. The summed E-state index contributed by atoms with van der Waals surface area (Å²) in [5.74, 6) is -2.60. The van der Waals surface area contributed by atoms with Crippen LogP contribution in [0.4, 0.5) is 5.82 Å². The minimum atomic E-state index is -2.78. The lowest BCUT2D eigenvalue weighted by Crippen LogP contribution is -2.37. The lowest BCUT2D eigenvalue weighted by Gasteiger charge is -2.15. The maximum absolute atomic E-state index is 12.5. The highest BCUT2D eigenvalue weighted by atomic mass is 31.2. The maximum Gasteiger partial charge on any atom is 0.391 e. The minimum Gasteiger partial charge on any atom is -0.493 e. The summed E-state index contributed by atoms with van der Waals surface area (Å²) in [4.78, 5) is 77.7. The number of carbonyl (C=O) groups excluding carboxylic acids is 4. The van der Waals surface area contributed by atoms with Crippen LogP contribution in [0.2, 0.25) is 0 Å². The zero-order valence-electron chi connectivity index (χ0n) is 21.2. The van der Waals surface area contributed by atoms with Gasteiger partial charge in [0.1, 0.15) is 6.54 Å². The van der Waals surface area contributed by atoms with Crippen molar-refractivity contribution in [1.29, 1.82) is 0 Å². The number of hydrogen-bond donors (Lipinski definition) is 4. The Morgan fingerprint density at radius 1 is 1.05 bits per heavy atom. The molecule has 2 heterocycles. The van der Waals surface area contributed by atoms with Gasteiger partial charge in [0.05, 0.1) is 20.3 Å². The molecule has 214 valence electrons. The Balaban J connectivity index is 1.60. The van der Waals surface area contributed by atoms with Crippen molar-refractivity contribution in [2.45, 2.75) is 13.0 Å². The molecular formula is C22H25N6O11P. The van der Waals surface area contributed by atoms with Crippen LogP contribution in [0, 0.1) is 10.1 Å². The Hall–Kier alpha value is -4.60. The van der Waals surface area contributed by atoms with Gasteiger partial charge in [-0.3, -0.25) is 24.1 Å². The van der Waals surface area contributed by atoms with Crippen molar-refractivity contribution in [3.63, 3.8) is 0 Å². The summed E-state index contributed by atoms with van der Waals surface area (Å²) in [5.41, 5.74) is 0.150. The first-order chi connectivity index (χ1) is 19.0. The number of nitrogens with zero attached hydrogens (tertiary/aromatic N) is 4. The molecule has 1 aromatic heterocycles. The highest BCUT2D eigenvalue weighted by Crippen LogP contribution is 2.44. The summed E-state index contributed by atoms with van der Waals surface area (Å²) in [5, 5.41) is 20.6. The third kappa shape index (κ3) is 7.49. The SMILES string of the molecule is COc1cc(Cn2nc(C(=O)NCCNC(=O)CCN3C(=O)C=CC3=O)cc2[N+](=O)[O-])cc(OC)c1OP(O)O. The van der Waals surface area contributed by atoms with Crippen LogP contribution in [0.3, 0.4) is 0 Å². The molecule has 0 spiro atoms. The van der Waals surface area contributed by atoms with E-state index in [2.05, 4.69) is 15.7 Å². The second kappa shape index (κ2) is 13.5. The number of benzene rings is 1. The van der Waals surface area contributed by atoms with Gasteiger partial charge in [-0.2, -0.15) is 0 Å². The number of aromatic nitrogens is 2. The molecule has 18 heteroatoms. The first-order valence-corrected chi connectivity index (χ1v) is 12.6. The molecule has 40 heavy (non-hydrogen) atoms. The van der Waals surface area contributed by atoms with Gasteiger partial charge in [-0.05, 0) is 17.1 Å². The fourth-order valence-corrected chi connectivity index (χ4v) is 3.92. The van der Waals surface area contributed by atoms with Crippen molar-refractivity contribution in [1.82, 2.24) is 25.3 Å². The Morgan fingerprint density at radius 3 is 2.20 bits per heavy atom. The van der Waals surface area contributed by atoms with E-state index in [-0.39, 0.29) is 55.5 Å². The number of ether oxygens (including phenoxy) is 2. The number of amides is 4. The molecule has 0 bridgehead atoms. The van der Waals surface area contributed by atoms with E-state index in [1.807, 2.05) is 0 Å². The molecular weight excluding hydrogens is 555 g/mol. The van der Waals surface area contributed by atoms with Gasteiger partial charge in [-0.25, -0.2) is 0 Å². The zero-order chi connectivity index (χ0) is 29.4. The number of methoxy groups -OCH3 is 2. The number of hydrogen-bond acceptors (Lipinski definition) is 12. The van der Waals surface area contributed by atoms with E-state index in [4.69, 9.17) is 14.0 Å². The highest BCUT2D eigenvalue weighted by molar-refractivity contribution is 7.39. The fourth-order valence-electron chi connectivity index (χ4n) is 3.57. The molecule has 1 aromatic carbocycles. The van der Waals surface area contributed by atoms with Gasteiger partial charge in [0.15, 0.2) is 17.2 Å². The van der Waals surface area contributed by atoms with Gasteiger partial charge in [-0.15, -0.1) is 4.68 Å². The number of rotatable bonds is 14. The molecule has 0 saturated carbocycles. The Bertz CT molecular complexity index is 1300. The van der Waals surface area contributed by atoms with Crippen molar-refractivity contribution in [2.24, 2.45) is 0 Å². The van der Waals surface area contributed by atoms with Crippen LogP contribution in [0.1, 0.15) is 22.5 Å². The Morgan fingerprint density at radius 2 is 1.65 bits per heavy atom. The third-order valence-corrected chi connectivity index (χ3v) is 5.75. The van der Waals surface area contributed by atoms with Crippen LogP contribution in [0.25, 0.3) is 0 Å². The standard InChI is InChI=1S/C22H25N6O11P/c1-37-15-9-13(10-16(38-2)21(15)39-40(35)36)12-27-18(28(33)34)11-14(25-27)22(32)24-7-6-23-17(29)5-8-26-19(30)3-4-20(26)31/h3-4,9-11,35-36H,5-8,12H2,1-2H3,(H,23,29)(H,24,32). The Labute approximate surface area is 227 Å². The molecule has 1 aliphatic rings. The van der Waals surface area contributed by atoms with Crippen LogP contribution in [-0.4, -0.2) is 86.9 Å². The van der Waals surface area contributed by atoms with Crippen molar-refractivity contribution in [3.8, 4) is 17.2 Å². The smallest absolute Gasteiger partial charge is 0.391 e. The van der Waals surface area contributed by atoms with E-state index < -0.39 is 43.0 Å². The maximum atomic E-state index is 12.5. The van der Waals surface area contributed by atoms with Crippen LogP contribution in [0.5, 0.6) is 17.2 Å². The van der Waals surface area contributed by atoms with E-state index >= 15 is 0 Å². The van der Waals surface area contributed by atoms with Gasteiger partial charge < -0.3 is 44.5 Å². The van der Waals surface area contributed by atoms with Crippen molar-refractivity contribution in [2.75, 3.05) is 33.9 Å². The monoisotopic (exact) mass is 580 g/mol. The predicted octanol–water partition coefficient (Wildman–Crippen LogP) is -0.392. The molecule has 0 atom stereocenters.